The quantitative estimate of drug-likeness (QED) is 0.795. The van der Waals surface area contributed by atoms with Gasteiger partial charge in [-0.15, -0.1) is 0 Å². The second kappa shape index (κ2) is 6.35. The Morgan fingerprint density at radius 1 is 1.16 bits per heavy atom. The summed E-state index contributed by atoms with van der Waals surface area (Å²) < 4.78 is 0. The number of aryl methyl sites for hydroxylation is 2. The number of benzene rings is 1. The normalized spacial score (nSPS) is 17.1. The second-order valence-corrected chi connectivity index (χ2v) is 5.78. The van der Waals surface area contributed by atoms with Gasteiger partial charge in [-0.2, -0.15) is 0 Å². The second-order valence-electron chi connectivity index (χ2n) is 5.39. The van der Waals surface area contributed by atoms with Crippen molar-refractivity contribution < 1.29 is 0 Å². The van der Waals surface area contributed by atoms with Crippen LogP contribution in [0.2, 0.25) is 0 Å². The van der Waals surface area contributed by atoms with Crippen molar-refractivity contribution in [3.05, 3.63) is 29.3 Å². The molecule has 0 radical (unpaired) electrons. The molecule has 4 heteroatoms. The molecule has 19 heavy (non-hydrogen) atoms. The number of likely N-dealkylation sites (N-methyl/N-ethyl adjacent to an activating group) is 1. The molecule has 1 saturated heterocycles. The molecule has 104 valence electrons. The van der Waals surface area contributed by atoms with E-state index in [0.29, 0.717) is 0 Å². The number of anilines is 1. The van der Waals surface area contributed by atoms with E-state index in [0.717, 1.165) is 37.0 Å². The van der Waals surface area contributed by atoms with Crippen molar-refractivity contribution in [2.24, 2.45) is 0 Å². The summed E-state index contributed by atoms with van der Waals surface area (Å²) in [6.45, 7) is 8.50. The van der Waals surface area contributed by atoms with Gasteiger partial charge in [0.2, 0.25) is 0 Å². The summed E-state index contributed by atoms with van der Waals surface area (Å²) in [6, 6.07) is 6.42. The lowest BCUT2D eigenvalue weighted by Gasteiger charge is -2.24. The van der Waals surface area contributed by atoms with Crippen LogP contribution in [-0.2, 0) is 0 Å². The molecule has 1 aromatic rings. The van der Waals surface area contributed by atoms with Crippen LogP contribution in [0.25, 0.3) is 0 Å². The highest BCUT2D eigenvalue weighted by Gasteiger charge is 2.15. The molecule has 1 aliphatic heterocycles. The Morgan fingerprint density at radius 2 is 1.95 bits per heavy atom. The Balaban J connectivity index is 2.02. The summed E-state index contributed by atoms with van der Waals surface area (Å²) in [5.41, 5.74) is 3.62. The largest absolute Gasteiger partial charge is 0.348 e. The number of nitrogens with zero attached hydrogens (tertiary/aromatic N) is 2. The molecule has 0 bridgehead atoms. The fourth-order valence-corrected chi connectivity index (χ4v) is 2.61. The molecule has 0 unspecified atom stereocenters. The van der Waals surface area contributed by atoms with Gasteiger partial charge in [-0.05, 0) is 63.3 Å². The first kappa shape index (κ1) is 14.3. The molecule has 0 aromatic heterocycles. The lowest BCUT2D eigenvalue weighted by molar-refractivity contribution is 0.347. The monoisotopic (exact) mass is 277 g/mol. The van der Waals surface area contributed by atoms with E-state index in [1.165, 1.54) is 17.5 Å². The highest BCUT2D eigenvalue weighted by molar-refractivity contribution is 7.80. The van der Waals surface area contributed by atoms with Gasteiger partial charge in [0.1, 0.15) is 0 Å². The van der Waals surface area contributed by atoms with Crippen LogP contribution in [-0.4, -0.2) is 48.1 Å². The molecule has 0 spiro atoms. The van der Waals surface area contributed by atoms with Crippen molar-refractivity contribution >= 4 is 23.0 Å². The predicted octanol–water partition coefficient (Wildman–Crippen LogP) is 2.64. The Morgan fingerprint density at radius 3 is 2.74 bits per heavy atom. The summed E-state index contributed by atoms with van der Waals surface area (Å²) in [4.78, 5) is 4.64. The molecule has 3 nitrogen and oxygen atoms in total. The number of thiocarbonyl (C=S) groups is 1. The Labute approximate surface area is 121 Å². The summed E-state index contributed by atoms with van der Waals surface area (Å²) in [5, 5.41) is 4.25. The minimum absolute atomic E-state index is 0.851. The van der Waals surface area contributed by atoms with Crippen LogP contribution in [0.5, 0.6) is 0 Å². The topological polar surface area (TPSA) is 18.5 Å². The summed E-state index contributed by atoms with van der Waals surface area (Å²) in [6.07, 6.45) is 1.17. The minimum Gasteiger partial charge on any atom is -0.348 e. The molecule has 0 atom stereocenters. The van der Waals surface area contributed by atoms with Gasteiger partial charge in [-0.3, -0.25) is 0 Å². The lowest BCUT2D eigenvalue weighted by atomic mass is 10.1. The Hall–Kier alpha value is -1.13. The number of rotatable bonds is 1. The first-order valence-electron chi connectivity index (χ1n) is 6.88. The number of hydrogen-bond donors (Lipinski definition) is 1. The molecule has 1 heterocycles. The van der Waals surface area contributed by atoms with Gasteiger partial charge in [-0.1, -0.05) is 12.1 Å². The predicted molar refractivity (Wildman–Crippen MR) is 85.8 cm³/mol. The van der Waals surface area contributed by atoms with Crippen LogP contribution in [0.15, 0.2) is 18.2 Å². The molecular formula is C15H23N3S. The first-order chi connectivity index (χ1) is 9.06. The smallest absolute Gasteiger partial charge is 0.173 e. The molecule has 1 aliphatic rings. The maximum absolute atomic E-state index is 5.55. The van der Waals surface area contributed by atoms with E-state index in [1.807, 2.05) is 0 Å². The molecule has 1 fully saturated rings. The van der Waals surface area contributed by atoms with Crippen LogP contribution in [0.1, 0.15) is 17.5 Å². The van der Waals surface area contributed by atoms with Crippen molar-refractivity contribution in [3.63, 3.8) is 0 Å². The average Bonchev–Trinajstić information content (AvgIpc) is 2.59. The summed E-state index contributed by atoms with van der Waals surface area (Å²) in [5.74, 6) is 0. The Bertz CT molecular complexity index is 459. The number of hydrogen-bond acceptors (Lipinski definition) is 2. The third kappa shape index (κ3) is 3.91. The highest BCUT2D eigenvalue weighted by Crippen LogP contribution is 2.17. The molecule has 0 aliphatic carbocycles. The zero-order chi connectivity index (χ0) is 13.8. The van der Waals surface area contributed by atoms with E-state index in [1.54, 1.807) is 0 Å². The van der Waals surface area contributed by atoms with Gasteiger partial charge in [-0.25, -0.2) is 0 Å². The van der Waals surface area contributed by atoms with Crippen LogP contribution in [0.3, 0.4) is 0 Å². The fourth-order valence-electron chi connectivity index (χ4n) is 2.31. The van der Waals surface area contributed by atoms with Gasteiger partial charge >= 0.3 is 0 Å². The highest BCUT2D eigenvalue weighted by atomic mass is 32.1. The van der Waals surface area contributed by atoms with E-state index in [9.17, 15) is 0 Å². The Kier molecular flexibility index (Phi) is 4.77. The van der Waals surface area contributed by atoms with Crippen LogP contribution >= 0.6 is 12.2 Å². The van der Waals surface area contributed by atoms with Gasteiger partial charge < -0.3 is 15.1 Å². The molecule has 1 N–H and O–H groups in total. The van der Waals surface area contributed by atoms with Crippen molar-refractivity contribution in [1.29, 1.82) is 0 Å². The summed E-state index contributed by atoms with van der Waals surface area (Å²) in [7, 11) is 2.17. The van der Waals surface area contributed by atoms with Crippen molar-refractivity contribution in [1.82, 2.24) is 9.80 Å². The van der Waals surface area contributed by atoms with Crippen LogP contribution < -0.4 is 5.32 Å². The molecule has 2 rings (SSSR count). The minimum atomic E-state index is 0.851. The van der Waals surface area contributed by atoms with Crippen molar-refractivity contribution in [3.8, 4) is 0 Å². The maximum Gasteiger partial charge on any atom is 0.173 e. The SMILES string of the molecule is Cc1ccc(C)c(NC(=S)N2CCCN(C)CC2)c1. The molecule has 0 saturated carbocycles. The van der Waals surface area contributed by atoms with Crippen LogP contribution in [0, 0.1) is 13.8 Å². The van der Waals surface area contributed by atoms with E-state index in [2.05, 4.69) is 54.2 Å². The van der Waals surface area contributed by atoms with Gasteiger partial charge in [0, 0.05) is 25.3 Å². The summed E-state index contributed by atoms with van der Waals surface area (Å²) >= 11 is 5.55. The molecule has 0 amide bonds. The van der Waals surface area contributed by atoms with E-state index < -0.39 is 0 Å². The molecule has 1 aromatic carbocycles. The van der Waals surface area contributed by atoms with Crippen molar-refractivity contribution in [2.45, 2.75) is 20.3 Å². The third-order valence-electron chi connectivity index (χ3n) is 3.64. The van der Waals surface area contributed by atoms with Crippen molar-refractivity contribution in [2.75, 3.05) is 38.5 Å². The first-order valence-corrected chi connectivity index (χ1v) is 7.29. The zero-order valence-electron chi connectivity index (χ0n) is 12.1. The maximum atomic E-state index is 5.55. The lowest BCUT2D eigenvalue weighted by Crippen LogP contribution is -2.37. The van der Waals surface area contributed by atoms with E-state index >= 15 is 0 Å². The third-order valence-corrected chi connectivity index (χ3v) is 4.00. The average molecular weight is 277 g/mol. The van der Waals surface area contributed by atoms with E-state index in [4.69, 9.17) is 12.2 Å². The fraction of sp³-hybridized carbons (Fsp3) is 0.533. The molecular weight excluding hydrogens is 254 g/mol. The van der Waals surface area contributed by atoms with Gasteiger partial charge in [0.15, 0.2) is 5.11 Å². The number of nitrogens with one attached hydrogen (secondary N) is 1. The van der Waals surface area contributed by atoms with Gasteiger partial charge in [0.05, 0.1) is 0 Å². The van der Waals surface area contributed by atoms with Gasteiger partial charge in [0.25, 0.3) is 0 Å². The standard InChI is InChI=1S/C15H23N3S/c1-12-5-6-13(2)14(11-12)16-15(19)18-8-4-7-17(3)9-10-18/h5-6,11H,4,7-10H2,1-3H3,(H,16,19). The zero-order valence-corrected chi connectivity index (χ0v) is 12.9. The van der Waals surface area contributed by atoms with Crippen LogP contribution in [0.4, 0.5) is 5.69 Å². The van der Waals surface area contributed by atoms with E-state index in [-0.39, 0.29) is 0 Å².